The lowest BCUT2D eigenvalue weighted by Crippen LogP contribution is -2.40. The minimum Gasteiger partial charge on any atom is -0.463 e. The Hall–Kier alpha value is -2.07. The number of rotatable bonds is 5. The normalized spacial score (nSPS) is 23.4. The minimum absolute atomic E-state index is 0.152. The summed E-state index contributed by atoms with van der Waals surface area (Å²) in [6, 6.07) is 0. The molecule has 0 spiro atoms. The zero-order valence-corrected chi connectivity index (χ0v) is 19.7. The summed E-state index contributed by atoms with van der Waals surface area (Å²) in [4.78, 5) is 47.5. The number of ether oxygens (including phenoxy) is 4. The molecule has 3 rings (SSSR count). The van der Waals surface area contributed by atoms with Gasteiger partial charge in [-0.1, -0.05) is 0 Å². The maximum atomic E-state index is 11.8. The molecule has 0 aromatic carbocycles. The van der Waals surface area contributed by atoms with Crippen LogP contribution < -0.4 is 5.73 Å². The second-order valence-corrected chi connectivity index (χ2v) is 7.99. The molecule has 12 nitrogen and oxygen atoms in total. The maximum Gasteiger partial charge on any atom is 0.303 e. The van der Waals surface area contributed by atoms with Gasteiger partial charge in [-0.3, -0.25) is 19.0 Å². The van der Waals surface area contributed by atoms with Crippen LogP contribution in [0.15, 0.2) is 4.73 Å². The molecule has 0 amide bonds. The Morgan fingerprint density at radius 2 is 1.73 bits per heavy atom. The summed E-state index contributed by atoms with van der Waals surface area (Å²) in [5, 5.41) is 0. The van der Waals surface area contributed by atoms with Crippen LogP contribution in [0, 0.1) is 3.83 Å². The minimum atomic E-state index is -1.07. The maximum absolute atomic E-state index is 11.8. The molecule has 0 radical (unpaired) electrons. The Kier molecular flexibility index (Phi) is 6.76. The number of fused-ring (bicyclic) bond motifs is 1. The molecule has 0 saturated carbocycles. The van der Waals surface area contributed by atoms with Crippen molar-refractivity contribution in [3.63, 3.8) is 0 Å². The third-order valence-corrected chi connectivity index (χ3v) is 5.13. The highest BCUT2D eigenvalue weighted by Crippen LogP contribution is 2.38. The molecular formula is C16H17BrIN5O7. The van der Waals surface area contributed by atoms with Crippen LogP contribution in [0.2, 0.25) is 0 Å². The molecule has 0 bridgehead atoms. The fraction of sp³-hybridized carbons (Fsp3) is 0.500. The summed E-state index contributed by atoms with van der Waals surface area (Å²) in [6.07, 6.45) is -4.04. The Labute approximate surface area is 192 Å². The van der Waals surface area contributed by atoms with Crippen molar-refractivity contribution >= 4 is 73.4 Å². The van der Waals surface area contributed by atoms with Crippen LogP contribution in [-0.2, 0) is 33.3 Å². The number of carbonyl (C=O) groups is 3. The number of esters is 3. The molecular weight excluding hydrogens is 581 g/mol. The predicted molar refractivity (Wildman–Crippen MR) is 112 cm³/mol. The summed E-state index contributed by atoms with van der Waals surface area (Å²) in [5.41, 5.74) is 6.57. The second kappa shape index (κ2) is 8.97. The Morgan fingerprint density at radius 1 is 1.10 bits per heavy atom. The van der Waals surface area contributed by atoms with E-state index in [1.54, 1.807) is 0 Å². The van der Waals surface area contributed by atoms with E-state index >= 15 is 0 Å². The van der Waals surface area contributed by atoms with Gasteiger partial charge >= 0.3 is 17.9 Å². The summed E-state index contributed by atoms with van der Waals surface area (Å²) < 4.78 is 24.0. The van der Waals surface area contributed by atoms with Crippen LogP contribution in [0.1, 0.15) is 27.0 Å². The lowest BCUT2D eigenvalue weighted by molar-refractivity contribution is -0.166. The highest BCUT2D eigenvalue weighted by atomic mass is 127. The van der Waals surface area contributed by atoms with Crippen molar-refractivity contribution in [3.05, 3.63) is 8.56 Å². The number of imidazole rings is 1. The van der Waals surface area contributed by atoms with Crippen molar-refractivity contribution in [1.82, 2.24) is 19.5 Å². The molecule has 2 unspecified atom stereocenters. The molecule has 1 fully saturated rings. The lowest BCUT2D eigenvalue weighted by Gasteiger charge is -2.24. The molecule has 3 heterocycles. The van der Waals surface area contributed by atoms with Crippen LogP contribution in [-0.4, -0.2) is 62.3 Å². The summed E-state index contributed by atoms with van der Waals surface area (Å²) in [5.74, 6) is -1.64. The number of anilines is 1. The van der Waals surface area contributed by atoms with Gasteiger partial charge in [-0.2, -0.15) is 0 Å². The number of nitrogens with zero attached hydrogens (tertiary/aromatic N) is 4. The first kappa shape index (κ1) is 22.6. The van der Waals surface area contributed by atoms with Gasteiger partial charge in [0.15, 0.2) is 44.0 Å². The van der Waals surface area contributed by atoms with Gasteiger partial charge in [0.1, 0.15) is 12.7 Å². The summed E-state index contributed by atoms with van der Waals surface area (Å²) in [6.45, 7) is 3.43. The van der Waals surface area contributed by atoms with Gasteiger partial charge in [-0.25, -0.2) is 15.0 Å². The molecule has 30 heavy (non-hydrogen) atoms. The van der Waals surface area contributed by atoms with Crippen molar-refractivity contribution in [2.45, 2.75) is 45.3 Å². The molecule has 1 saturated heterocycles. The van der Waals surface area contributed by atoms with Crippen LogP contribution >= 0.6 is 38.5 Å². The molecule has 14 heteroatoms. The molecule has 1 aliphatic rings. The van der Waals surface area contributed by atoms with Crippen molar-refractivity contribution in [1.29, 1.82) is 0 Å². The van der Waals surface area contributed by atoms with E-state index in [2.05, 4.69) is 30.9 Å². The first-order chi connectivity index (χ1) is 14.1. The van der Waals surface area contributed by atoms with Crippen molar-refractivity contribution < 1.29 is 33.3 Å². The average molecular weight is 598 g/mol. The predicted octanol–water partition coefficient (Wildman–Crippen LogP) is 1.10. The van der Waals surface area contributed by atoms with E-state index in [0.29, 0.717) is 15.0 Å². The first-order valence-electron chi connectivity index (χ1n) is 8.58. The SMILES string of the molecule is CC(=O)OC[C@H]1O[C@@H](n2c(Br)nc3c(N)nc(I)nc32)C(OC(C)=O)C1OC(C)=O. The second-order valence-electron chi connectivity index (χ2n) is 6.32. The van der Waals surface area contributed by atoms with E-state index in [4.69, 9.17) is 24.7 Å². The van der Waals surface area contributed by atoms with Gasteiger partial charge < -0.3 is 24.7 Å². The summed E-state index contributed by atoms with van der Waals surface area (Å²) >= 11 is 5.24. The van der Waals surface area contributed by atoms with Gasteiger partial charge in [-0.15, -0.1) is 0 Å². The molecule has 0 aliphatic carbocycles. The molecule has 2 aromatic rings. The highest BCUT2D eigenvalue weighted by molar-refractivity contribution is 14.1. The van der Waals surface area contributed by atoms with E-state index in [-0.39, 0.29) is 17.2 Å². The van der Waals surface area contributed by atoms with Crippen molar-refractivity contribution in [2.75, 3.05) is 12.3 Å². The third-order valence-electron chi connectivity index (χ3n) is 4.09. The smallest absolute Gasteiger partial charge is 0.303 e. The number of nitrogen functional groups attached to an aromatic ring is 1. The molecule has 162 valence electrons. The monoisotopic (exact) mass is 597 g/mol. The van der Waals surface area contributed by atoms with E-state index in [0.717, 1.165) is 0 Å². The standard InChI is InChI=1S/C16H17BrIN5O7/c1-5(24)27-4-8-10(28-6(2)25)11(29-7(3)26)14(30-8)23-13-9(20-15(23)17)12(19)21-16(18)22-13/h8,10-11,14H,4H2,1-3H3,(H2,19,21,22)/t8-,10?,11?,14-/m1/s1. The van der Waals surface area contributed by atoms with Gasteiger partial charge in [-0.05, 0) is 15.9 Å². The Balaban J connectivity index is 2.10. The number of hydrogen-bond donors (Lipinski definition) is 1. The quantitative estimate of drug-likeness (QED) is 0.173. The van der Waals surface area contributed by atoms with Gasteiger partial charge in [0, 0.05) is 43.4 Å². The van der Waals surface area contributed by atoms with E-state index in [1.165, 1.54) is 25.3 Å². The average Bonchev–Trinajstić information content (AvgIpc) is 3.10. The van der Waals surface area contributed by atoms with E-state index in [1.807, 2.05) is 22.6 Å². The van der Waals surface area contributed by atoms with Crippen molar-refractivity contribution in [3.8, 4) is 0 Å². The van der Waals surface area contributed by atoms with Crippen LogP contribution in [0.5, 0.6) is 0 Å². The number of halogens is 2. The summed E-state index contributed by atoms with van der Waals surface area (Å²) in [7, 11) is 0. The number of hydrogen-bond acceptors (Lipinski definition) is 11. The highest BCUT2D eigenvalue weighted by Gasteiger charge is 2.51. The number of nitrogens with two attached hydrogens (primary N) is 1. The van der Waals surface area contributed by atoms with Crippen LogP contribution in [0.3, 0.4) is 0 Å². The molecule has 1 aliphatic heterocycles. The number of carbonyl (C=O) groups excluding carboxylic acids is 3. The largest absolute Gasteiger partial charge is 0.463 e. The molecule has 2 aromatic heterocycles. The zero-order chi connectivity index (χ0) is 22.2. The Bertz CT molecular complexity index is 1020. The fourth-order valence-electron chi connectivity index (χ4n) is 3.07. The third kappa shape index (κ3) is 4.64. The molecule has 4 atom stereocenters. The fourth-order valence-corrected chi connectivity index (χ4v) is 4.10. The van der Waals surface area contributed by atoms with E-state index in [9.17, 15) is 14.4 Å². The van der Waals surface area contributed by atoms with Gasteiger partial charge in [0.05, 0.1) is 0 Å². The molecule has 2 N–H and O–H groups in total. The lowest BCUT2D eigenvalue weighted by atomic mass is 10.1. The Morgan fingerprint density at radius 3 is 2.33 bits per heavy atom. The van der Waals surface area contributed by atoms with Gasteiger partial charge in [0.25, 0.3) is 0 Å². The van der Waals surface area contributed by atoms with Crippen LogP contribution in [0.25, 0.3) is 11.2 Å². The topological polar surface area (TPSA) is 158 Å². The zero-order valence-electron chi connectivity index (χ0n) is 16.0. The van der Waals surface area contributed by atoms with Crippen LogP contribution in [0.4, 0.5) is 5.82 Å². The van der Waals surface area contributed by atoms with Crippen molar-refractivity contribution in [2.24, 2.45) is 0 Å². The van der Waals surface area contributed by atoms with Gasteiger partial charge in [0.2, 0.25) is 0 Å². The first-order valence-corrected chi connectivity index (χ1v) is 10.4. The van der Waals surface area contributed by atoms with E-state index < -0.39 is 42.4 Å². The number of aromatic nitrogens is 4.